The molecule has 0 aromatic carbocycles. The number of urea groups is 1. The number of hydrogen-bond acceptors (Lipinski definition) is 2. The van der Waals surface area contributed by atoms with Gasteiger partial charge in [0.25, 0.3) is 0 Å². The van der Waals surface area contributed by atoms with Gasteiger partial charge in [0.15, 0.2) is 0 Å². The summed E-state index contributed by atoms with van der Waals surface area (Å²) in [5.74, 6) is 0. The molecule has 2 unspecified atom stereocenters. The molecule has 1 saturated carbocycles. The maximum Gasteiger partial charge on any atom is 0.317 e. The Kier molecular flexibility index (Phi) is 6.47. The lowest BCUT2D eigenvalue weighted by molar-refractivity contribution is 0.101. The van der Waals surface area contributed by atoms with E-state index in [4.69, 9.17) is 4.74 Å². The second-order valence-electron chi connectivity index (χ2n) is 5.54. The summed E-state index contributed by atoms with van der Waals surface area (Å²) in [4.78, 5) is 14.0. The minimum Gasteiger partial charge on any atom is -0.382 e. The highest BCUT2D eigenvalue weighted by Crippen LogP contribution is 2.21. The SMILES string of the molecule is COC(C)CC(C)NC(=O)N(C)C1CCCCC1. The Balaban J connectivity index is 2.34. The Hall–Kier alpha value is -0.770. The lowest BCUT2D eigenvalue weighted by Gasteiger charge is -2.32. The lowest BCUT2D eigenvalue weighted by atomic mass is 9.95. The highest BCUT2D eigenvalue weighted by atomic mass is 16.5. The Bertz CT molecular complexity index is 252. The second kappa shape index (κ2) is 7.62. The zero-order chi connectivity index (χ0) is 13.5. The zero-order valence-corrected chi connectivity index (χ0v) is 12.2. The third-order valence-electron chi connectivity index (χ3n) is 3.90. The standard InChI is InChI=1S/C14H28N2O2/c1-11(10-12(2)18-4)15-14(17)16(3)13-8-6-5-7-9-13/h11-13H,5-10H2,1-4H3,(H,15,17). The molecule has 4 heteroatoms. The normalized spacial score (nSPS) is 20.2. The first-order chi connectivity index (χ1) is 8.54. The molecule has 0 radical (unpaired) electrons. The first-order valence-corrected chi connectivity index (χ1v) is 7.10. The topological polar surface area (TPSA) is 41.6 Å². The van der Waals surface area contributed by atoms with E-state index in [0.717, 1.165) is 19.3 Å². The maximum atomic E-state index is 12.1. The number of nitrogens with one attached hydrogen (secondary N) is 1. The van der Waals surface area contributed by atoms with Crippen LogP contribution in [-0.2, 0) is 4.74 Å². The van der Waals surface area contributed by atoms with Crippen molar-refractivity contribution in [3.8, 4) is 0 Å². The minimum atomic E-state index is 0.0534. The number of carbonyl (C=O) groups is 1. The van der Waals surface area contributed by atoms with Crippen molar-refractivity contribution in [1.29, 1.82) is 0 Å². The van der Waals surface area contributed by atoms with Crippen LogP contribution in [-0.4, -0.2) is 43.3 Å². The van der Waals surface area contributed by atoms with Gasteiger partial charge in [-0.1, -0.05) is 19.3 Å². The van der Waals surface area contributed by atoms with Crippen molar-refractivity contribution in [3.05, 3.63) is 0 Å². The number of carbonyl (C=O) groups excluding carboxylic acids is 1. The van der Waals surface area contributed by atoms with Crippen LogP contribution in [0.3, 0.4) is 0 Å². The quantitative estimate of drug-likeness (QED) is 0.822. The highest BCUT2D eigenvalue weighted by molar-refractivity contribution is 5.74. The van der Waals surface area contributed by atoms with E-state index in [1.807, 2.05) is 25.8 Å². The van der Waals surface area contributed by atoms with Gasteiger partial charge < -0.3 is 15.0 Å². The van der Waals surface area contributed by atoms with E-state index in [9.17, 15) is 4.79 Å². The third kappa shape index (κ3) is 4.84. The monoisotopic (exact) mass is 256 g/mol. The molecule has 1 aliphatic rings. The van der Waals surface area contributed by atoms with E-state index in [1.165, 1.54) is 19.3 Å². The predicted molar refractivity (Wildman–Crippen MR) is 73.7 cm³/mol. The number of hydrogen-bond donors (Lipinski definition) is 1. The van der Waals surface area contributed by atoms with Gasteiger partial charge in [-0.25, -0.2) is 4.79 Å². The van der Waals surface area contributed by atoms with E-state index in [2.05, 4.69) is 5.32 Å². The summed E-state index contributed by atoms with van der Waals surface area (Å²) in [5, 5.41) is 3.05. The molecule has 0 heterocycles. The molecule has 18 heavy (non-hydrogen) atoms. The smallest absolute Gasteiger partial charge is 0.317 e. The lowest BCUT2D eigenvalue weighted by Crippen LogP contribution is -2.47. The first kappa shape index (κ1) is 15.3. The highest BCUT2D eigenvalue weighted by Gasteiger charge is 2.23. The van der Waals surface area contributed by atoms with Gasteiger partial charge >= 0.3 is 6.03 Å². The average molecular weight is 256 g/mol. The number of nitrogens with zero attached hydrogens (tertiary/aromatic N) is 1. The van der Waals surface area contributed by atoms with E-state index < -0.39 is 0 Å². The molecule has 1 N–H and O–H groups in total. The van der Waals surface area contributed by atoms with Crippen molar-refractivity contribution in [3.63, 3.8) is 0 Å². The van der Waals surface area contributed by atoms with E-state index in [-0.39, 0.29) is 18.2 Å². The molecule has 0 aromatic heterocycles. The van der Waals surface area contributed by atoms with Crippen LogP contribution in [0.25, 0.3) is 0 Å². The number of rotatable bonds is 5. The van der Waals surface area contributed by atoms with E-state index in [1.54, 1.807) is 7.11 Å². The molecule has 0 bridgehead atoms. The Morgan fingerprint density at radius 1 is 1.33 bits per heavy atom. The molecular weight excluding hydrogens is 228 g/mol. The summed E-state index contributed by atoms with van der Waals surface area (Å²) in [6, 6.07) is 0.627. The van der Waals surface area contributed by atoms with Gasteiger partial charge in [-0.2, -0.15) is 0 Å². The number of amides is 2. The molecule has 0 aliphatic heterocycles. The summed E-state index contributed by atoms with van der Waals surface area (Å²) in [7, 11) is 3.62. The third-order valence-corrected chi connectivity index (χ3v) is 3.90. The van der Waals surface area contributed by atoms with Crippen LogP contribution in [0.15, 0.2) is 0 Å². The summed E-state index contributed by atoms with van der Waals surface area (Å²) < 4.78 is 5.21. The molecule has 1 fully saturated rings. The fourth-order valence-electron chi connectivity index (χ4n) is 2.60. The first-order valence-electron chi connectivity index (χ1n) is 7.10. The number of ether oxygens (including phenoxy) is 1. The second-order valence-corrected chi connectivity index (χ2v) is 5.54. The van der Waals surface area contributed by atoms with E-state index in [0.29, 0.717) is 6.04 Å². The molecule has 1 rings (SSSR count). The Labute approximate surface area is 111 Å². The van der Waals surface area contributed by atoms with Gasteiger partial charge in [-0.3, -0.25) is 0 Å². The summed E-state index contributed by atoms with van der Waals surface area (Å²) in [5.41, 5.74) is 0. The molecular formula is C14H28N2O2. The van der Waals surface area contributed by atoms with Crippen molar-refractivity contribution >= 4 is 6.03 Å². The molecule has 2 amide bonds. The summed E-state index contributed by atoms with van der Waals surface area (Å²) in [6.45, 7) is 4.05. The largest absolute Gasteiger partial charge is 0.382 e. The molecule has 0 spiro atoms. The molecule has 0 aromatic rings. The van der Waals surface area contributed by atoms with E-state index >= 15 is 0 Å². The number of methoxy groups -OCH3 is 1. The molecule has 106 valence electrons. The molecule has 4 nitrogen and oxygen atoms in total. The van der Waals surface area contributed by atoms with Crippen LogP contribution in [0.5, 0.6) is 0 Å². The molecule has 1 aliphatic carbocycles. The van der Waals surface area contributed by atoms with Crippen LogP contribution in [0.1, 0.15) is 52.4 Å². The van der Waals surface area contributed by atoms with Crippen LogP contribution < -0.4 is 5.32 Å². The van der Waals surface area contributed by atoms with Crippen LogP contribution in [0.4, 0.5) is 4.79 Å². The average Bonchev–Trinajstić information content (AvgIpc) is 2.38. The van der Waals surface area contributed by atoms with Gasteiger partial charge in [-0.05, 0) is 33.1 Å². The summed E-state index contributed by atoms with van der Waals surface area (Å²) in [6.07, 6.45) is 7.13. The molecule has 0 saturated heterocycles. The Morgan fingerprint density at radius 2 is 1.94 bits per heavy atom. The maximum absolute atomic E-state index is 12.1. The van der Waals surface area contributed by atoms with Crippen molar-refractivity contribution in [2.24, 2.45) is 0 Å². The molecule has 2 atom stereocenters. The fourth-order valence-corrected chi connectivity index (χ4v) is 2.60. The van der Waals surface area contributed by atoms with Gasteiger partial charge in [-0.15, -0.1) is 0 Å². The minimum absolute atomic E-state index is 0.0534. The Morgan fingerprint density at radius 3 is 2.50 bits per heavy atom. The predicted octanol–water partition coefficient (Wildman–Crippen LogP) is 2.77. The summed E-state index contributed by atoms with van der Waals surface area (Å²) >= 11 is 0. The van der Waals surface area contributed by atoms with Gasteiger partial charge in [0.05, 0.1) is 6.10 Å². The fraction of sp³-hybridized carbons (Fsp3) is 0.929. The van der Waals surface area contributed by atoms with Crippen molar-refractivity contribution in [1.82, 2.24) is 10.2 Å². The van der Waals surface area contributed by atoms with Crippen LogP contribution in [0, 0.1) is 0 Å². The van der Waals surface area contributed by atoms with Gasteiger partial charge in [0.1, 0.15) is 0 Å². The van der Waals surface area contributed by atoms with Gasteiger partial charge in [0.2, 0.25) is 0 Å². The van der Waals surface area contributed by atoms with Crippen LogP contribution >= 0.6 is 0 Å². The zero-order valence-electron chi connectivity index (χ0n) is 12.2. The van der Waals surface area contributed by atoms with Gasteiger partial charge in [0, 0.05) is 26.2 Å². The van der Waals surface area contributed by atoms with Crippen molar-refractivity contribution < 1.29 is 9.53 Å². The van der Waals surface area contributed by atoms with Crippen LogP contribution in [0.2, 0.25) is 0 Å². The van der Waals surface area contributed by atoms with Crippen molar-refractivity contribution in [2.75, 3.05) is 14.2 Å². The van der Waals surface area contributed by atoms with Crippen molar-refractivity contribution in [2.45, 2.75) is 70.6 Å².